The first-order valence-corrected chi connectivity index (χ1v) is 21.3. The van der Waals surface area contributed by atoms with E-state index in [0.29, 0.717) is 0 Å². The Hall–Kier alpha value is -8.20. The molecule has 1 heterocycles. The summed E-state index contributed by atoms with van der Waals surface area (Å²) in [4.78, 5) is 2.45. The van der Waals surface area contributed by atoms with Gasteiger partial charge in [0.2, 0.25) is 0 Å². The zero-order chi connectivity index (χ0) is 41.2. The van der Waals surface area contributed by atoms with Crippen molar-refractivity contribution in [3.8, 4) is 61.3 Å². The lowest BCUT2D eigenvalue weighted by molar-refractivity contribution is 1.18. The number of anilines is 3. The van der Waals surface area contributed by atoms with E-state index in [0.717, 1.165) is 50.5 Å². The Morgan fingerprint density at radius 3 is 1.27 bits per heavy atom. The van der Waals surface area contributed by atoms with Gasteiger partial charge >= 0.3 is 0 Å². The Balaban J connectivity index is 1.13. The summed E-state index contributed by atoms with van der Waals surface area (Å²) in [7, 11) is 0. The van der Waals surface area contributed by atoms with Gasteiger partial charge < -0.3 is 9.47 Å². The summed E-state index contributed by atoms with van der Waals surface area (Å²) in [6.45, 7) is 0. The third-order valence-electron chi connectivity index (χ3n) is 12.0. The van der Waals surface area contributed by atoms with Gasteiger partial charge in [-0.1, -0.05) is 188 Å². The van der Waals surface area contributed by atoms with E-state index in [2.05, 4.69) is 264 Å². The molecule has 0 saturated heterocycles. The van der Waals surface area contributed by atoms with Crippen LogP contribution in [0.15, 0.2) is 255 Å². The number of aromatic nitrogens is 1. The summed E-state index contributed by atoms with van der Waals surface area (Å²) in [5.74, 6) is 0. The highest BCUT2D eigenvalue weighted by Crippen LogP contribution is 2.45. The second-order valence-electron chi connectivity index (χ2n) is 15.8. The van der Waals surface area contributed by atoms with E-state index in [1.165, 1.54) is 49.7 Å². The van der Waals surface area contributed by atoms with E-state index in [4.69, 9.17) is 0 Å². The van der Waals surface area contributed by atoms with Crippen molar-refractivity contribution in [3.63, 3.8) is 0 Å². The monoisotopic (exact) mass is 790 g/mol. The fourth-order valence-electron chi connectivity index (χ4n) is 8.96. The average Bonchev–Trinajstić information content (AvgIpc) is 3.69. The molecule has 0 unspecified atom stereocenters. The van der Waals surface area contributed by atoms with Crippen molar-refractivity contribution >= 4 is 38.9 Å². The van der Waals surface area contributed by atoms with Crippen LogP contribution >= 0.6 is 0 Å². The summed E-state index contributed by atoms with van der Waals surface area (Å²) >= 11 is 0. The smallest absolute Gasteiger partial charge is 0.0561 e. The van der Waals surface area contributed by atoms with E-state index in [9.17, 15) is 0 Å². The molecule has 11 rings (SSSR count). The van der Waals surface area contributed by atoms with Gasteiger partial charge in [0.15, 0.2) is 0 Å². The first-order chi connectivity index (χ1) is 30.7. The molecule has 0 spiro atoms. The fraction of sp³-hybridized carbons (Fsp3) is 0. The number of fused-ring (bicyclic) bond motifs is 3. The van der Waals surface area contributed by atoms with Crippen LogP contribution in [0.1, 0.15) is 0 Å². The Morgan fingerprint density at radius 2 is 0.694 bits per heavy atom. The van der Waals surface area contributed by atoms with Crippen molar-refractivity contribution in [2.75, 3.05) is 4.90 Å². The molecule has 0 aliphatic heterocycles. The fourth-order valence-corrected chi connectivity index (χ4v) is 8.96. The Labute approximate surface area is 362 Å². The highest BCUT2D eigenvalue weighted by Gasteiger charge is 2.21. The van der Waals surface area contributed by atoms with E-state index >= 15 is 0 Å². The van der Waals surface area contributed by atoms with Gasteiger partial charge in [0.1, 0.15) is 0 Å². The van der Waals surface area contributed by atoms with Crippen LogP contribution in [0.25, 0.3) is 83.1 Å². The van der Waals surface area contributed by atoms with Gasteiger partial charge in [0.05, 0.1) is 16.7 Å². The Kier molecular flexibility index (Phi) is 9.57. The van der Waals surface area contributed by atoms with Crippen molar-refractivity contribution < 1.29 is 0 Å². The van der Waals surface area contributed by atoms with Crippen LogP contribution < -0.4 is 4.90 Å². The third kappa shape index (κ3) is 6.94. The van der Waals surface area contributed by atoms with Crippen LogP contribution in [-0.2, 0) is 0 Å². The van der Waals surface area contributed by atoms with E-state index in [1.54, 1.807) is 0 Å². The SMILES string of the molecule is c1ccc(-c2cc(-c3ccccc3)cc(-c3ccc(N(c4ccc5c6ccccc6n(-c6ccccc6)c5c4)c4cc(-c5ccccc5)ccc4-c4ccccc4)cc3)c2)cc1. The summed E-state index contributed by atoms with van der Waals surface area (Å²) in [5.41, 5.74) is 18.5. The van der Waals surface area contributed by atoms with Crippen LogP contribution in [0.3, 0.4) is 0 Å². The highest BCUT2D eigenvalue weighted by molar-refractivity contribution is 6.10. The maximum absolute atomic E-state index is 2.45. The quantitative estimate of drug-likeness (QED) is 0.141. The predicted molar refractivity (Wildman–Crippen MR) is 263 cm³/mol. The largest absolute Gasteiger partial charge is 0.310 e. The molecular weight excluding hydrogens is 749 g/mol. The first-order valence-electron chi connectivity index (χ1n) is 21.3. The number of rotatable bonds is 9. The van der Waals surface area contributed by atoms with Crippen molar-refractivity contribution in [2.45, 2.75) is 0 Å². The van der Waals surface area contributed by atoms with E-state index < -0.39 is 0 Å². The Bertz CT molecular complexity index is 3240. The van der Waals surface area contributed by atoms with Gasteiger partial charge in [0.25, 0.3) is 0 Å². The molecule has 0 radical (unpaired) electrons. The topological polar surface area (TPSA) is 8.17 Å². The van der Waals surface area contributed by atoms with Gasteiger partial charge in [0, 0.05) is 33.4 Å². The van der Waals surface area contributed by atoms with Crippen LogP contribution in [0.2, 0.25) is 0 Å². The summed E-state index contributed by atoms with van der Waals surface area (Å²) in [6, 6.07) is 92.2. The normalized spacial score (nSPS) is 11.2. The van der Waals surface area contributed by atoms with Gasteiger partial charge in [-0.25, -0.2) is 0 Å². The van der Waals surface area contributed by atoms with Crippen LogP contribution in [0.4, 0.5) is 17.1 Å². The van der Waals surface area contributed by atoms with Gasteiger partial charge in [-0.3, -0.25) is 0 Å². The van der Waals surface area contributed by atoms with E-state index in [1.807, 2.05) is 0 Å². The lowest BCUT2D eigenvalue weighted by Gasteiger charge is -2.29. The molecular formula is C60H42N2. The molecule has 0 bridgehead atoms. The number of nitrogens with zero attached hydrogens (tertiary/aromatic N) is 2. The Morgan fingerprint density at radius 1 is 0.258 bits per heavy atom. The molecule has 0 aliphatic carbocycles. The molecule has 2 heteroatoms. The maximum Gasteiger partial charge on any atom is 0.0561 e. The molecule has 1 aromatic heterocycles. The summed E-state index contributed by atoms with van der Waals surface area (Å²) < 4.78 is 2.40. The second-order valence-corrected chi connectivity index (χ2v) is 15.8. The molecule has 0 saturated carbocycles. The van der Waals surface area contributed by atoms with Gasteiger partial charge in [-0.15, -0.1) is 0 Å². The number of para-hydroxylation sites is 2. The zero-order valence-corrected chi connectivity index (χ0v) is 34.1. The maximum atomic E-state index is 2.45. The lowest BCUT2D eigenvalue weighted by atomic mass is 9.93. The molecule has 292 valence electrons. The molecule has 11 aromatic rings. The van der Waals surface area contributed by atoms with Crippen LogP contribution in [0, 0.1) is 0 Å². The molecule has 0 N–H and O–H groups in total. The standard InChI is InChI=1S/C60H42N2/c1-6-18-43(19-7-1)48-32-36-55(47-24-12-4-13-25-47)59(41-48)61(54-35-37-57-56-28-16-17-29-58(56)62(60(57)42-54)52-26-14-5-15-27-52)53-33-30-46(31-34-53)51-39-49(44-20-8-2-9-21-44)38-50(40-51)45-22-10-3-11-23-45/h1-42H. The van der Waals surface area contributed by atoms with Crippen LogP contribution in [0.5, 0.6) is 0 Å². The molecule has 0 fully saturated rings. The molecule has 2 nitrogen and oxygen atoms in total. The molecule has 0 aliphatic rings. The second kappa shape index (κ2) is 16.1. The molecule has 0 atom stereocenters. The first kappa shape index (κ1) is 36.8. The molecule has 0 amide bonds. The molecule has 10 aromatic carbocycles. The van der Waals surface area contributed by atoms with Crippen molar-refractivity contribution in [3.05, 3.63) is 255 Å². The third-order valence-corrected chi connectivity index (χ3v) is 12.0. The van der Waals surface area contributed by atoms with Crippen molar-refractivity contribution in [1.82, 2.24) is 4.57 Å². The van der Waals surface area contributed by atoms with Crippen LogP contribution in [-0.4, -0.2) is 4.57 Å². The number of benzene rings is 10. The van der Waals surface area contributed by atoms with Gasteiger partial charge in [-0.2, -0.15) is 0 Å². The summed E-state index contributed by atoms with van der Waals surface area (Å²) in [5, 5.41) is 2.45. The number of hydrogen-bond acceptors (Lipinski definition) is 1. The predicted octanol–water partition coefficient (Wildman–Crippen LogP) is 16.6. The van der Waals surface area contributed by atoms with E-state index in [-0.39, 0.29) is 0 Å². The van der Waals surface area contributed by atoms with Crippen molar-refractivity contribution in [1.29, 1.82) is 0 Å². The summed E-state index contributed by atoms with van der Waals surface area (Å²) in [6.07, 6.45) is 0. The number of hydrogen-bond donors (Lipinski definition) is 0. The zero-order valence-electron chi connectivity index (χ0n) is 34.1. The van der Waals surface area contributed by atoms with Crippen molar-refractivity contribution in [2.24, 2.45) is 0 Å². The minimum atomic E-state index is 1.07. The minimum Gasteiger partial charge on any atom is -0.310 e. The molecule has 62 heavy (non-hydrogen) atoms. The minimum absolute atomic E-state index is 1.07. The average molecular weight is 791 g/mol. The highest BCUT2D eigenvalue weighted by atomic mass is 15.1. The van der Waals surface area contributed by atoms with Gasteiger partial charge in [-0.05, 0) is 117 Å². The lowest BCUT2D eigenvalue weighted by Crippen LogP contribution is -2.11.